The Bertz CT molecular complexity index is 1240. The molecule has 27 heavy (non-hydrogen) atoms. The van der Waals surface area contributed by atoms with Gasteiger partial charge in [-0.15, -0.1) is 0 Å². The van der Waals surface area contributed by atoms with Crippen molar-refractivity contribution in [3.8, 4) is 17.1 Å². The molecule has 0 amide bonds. The summed E-state index contributed by atoms with van der Waals surface area (Å²) in [5.41, 5.74) is 3.86. The SMILES string of the molecule is COc1ccc(-c2nc3c(cnn3Cc3cccnc3)[nH]2)c2ccccc12. The highest BCUT2D eigenvalue weighted by Gasteiger charge is 2.14. The predicted molar refractivity (Wildman–Crippen MR) is 105 cm³/mol. The third-order valence-electron chi connectivity index (χ3n) is 4.70. The van der Waals surface area contributed by atoms with Crippen molar-refractivity contribution in [3.63, 3.8) is 0 Å². The number of aromatic nitrogens is 5. The van der Waals surface area contributed by atoms with Gasteiger partial charge in [-0.3, -0.25) is 4.98 Å². The first-order valence-corrected chi connectivity index (χ1v) is 8.70. The van der Waals surface area contributed by atoms with Crippen LogP contribution >= 0.6 is 0 Å². The lowest BCUT2D eigenvalue weighted by atomic mass is 10.0. The molecule has 0 radical (unpaired) electrons. The monoisotopic (exact) mass is 355 g/mol. The molecular weight excluding hydrogens is 338 g/mol. The van der Waals surface area contributed by atoms with Crippen LogP contribution in [0.1, 0.15) is 5.56 Å². The van der Waals surface area contributed by atoms with E-state index in [9.17, 15) is 0 Å². The van der Waals surface area contributed by atoms with Gasteiger partial charge in [-0.25, -0.2) is 9.67 Å². The first-order chi connectivity index (χ1) is 13.3. The minimum atomic E-state index is 0.630. The first-order valence-electron chi connectivity index (χ1n) is 8.70. The van der Waals surface area contributed by atoms with E-state index < -0.39 is 0 Å². The number of methoxy groups -OCH3 is 1. The van der Waals surface area contributed by atoms with Crippen molar-refractivity contribution in [1.82, 2.24) is 24.7 Å². The van der Waals surface area contributed by atoms with Crippen LogP contribution in [0.4, 0.5) is 0 Å². The Morgan fingerprint density at radius 2 is 1.89 bits per heavy atom. The normalized spacial score (nSPS) is 11.3. The summed E-state index contributed by atoms with van der Waals surface area (Å²) >= 11 is 0. The van der Waals surface area contributed by atoms with Crippen molar-refractivity contribution >= 4 is 21.9 Å². The Labute approximate surface area is 155 Å². The van der Waals surface area contributed by atoms with Crippen LogP contribution in [-0.2, 0) is 6.54 Å². The second-order valence-electron chi connectivity index (χ2n) is 6.35. The fourth-order valence-corrected chi connectivity index (χ4v) is 3.41. The molecule has 2 aromatic carbocycles. The Balaban J connectivity index is 1.62. The van der Waals surface area contributed by atoms with Crippen molar-refractivity contribution < 1.29 is 4.74 Å². The third-order valence-corrected chi connectivity index (χ3v) is 4.70. The maximum atomic E-state index is 5.50. The molecule has 132 valence electrons. The zero-order valence-corrected chi connectivity index (χ0v) is 14.8. The molecule has 0 aliphatic rings. The Kier molecular flexibility index (Phi) is 3.60. The van der Waals surface area contributed by atoms with Crippen LogP contribution in [-0.4, -0.2) is 31.8 Å². The van der Waals surface area contributed by atoms with Gasteiger partial charge in [0.15, 0.2) is 5.65 Å². The van der Waals surface area contributed by atoms with Crippen molar-refractivity contribution in [3.05, 3.63) is 72.7 Å². The number of imidazole rings is 1. The van der Waals surface area contributed by atoms with Gasteiger partial charge >= 0.3 is 0 Å². The molecular formula is C21H17N5O. The number of pyridine rings is 1. The van der Waals surface area contributed by atoms with Gasteiger partial charge in [-0.2, -0.15) is 5.10 Å². The van der Waals surface area contributed by atoms with E-state index >= 15 is 0 Å². The predicted octanol–water partition coefficient (Wildman–Crippen LogP) is 4.03. The van der Waals surface area contributed by atoms with E-state index in [4.69, 9.17) is 9.72 Å². The lowest BCUT2D eigenvalue weighted by Crippen LogP contribution is -2.02. The molecule has 6 nitrogen and oxygen atoms in total. The number of benzene rings is 2. The van der Waals surface area contributed by atoms with Gasteiger partial charge in [0.05, 0.1) is 19.9 Å². The van der Waals surface area contributed by atoms with Crippen molar-refractivity contribution in [1.29, 1.82) is 0 Å². The minimum absolute atomic E-state index is 0.630. The molecule has 0 unspecified atom stereocenters. The summed E-state index contributed by atoms with van der Waals surface area (Å²) in [7, 11) is 1.69. The third kappa shape index (κ3) is 2.62. The second-order valence-corrected chi connectivity index (χ2v) is 6.35. The van der Waals surface area contributed by atoms with E-state index in [0.717, 1.165) is 44.6 Å². The van der Waals surface area contributed by atoms with Crippen molar-refractivity contribution in [2.24, 2.45) is 0 Å². The molecule has 0 saturated carbocycles. The maximum Gasteiger partial charge on any atom is 0.177 e. The average molecular weight is 355 g/mol. The number of aromatic amines is 1. The summed E-state index contributed by atoms with van der Waals surface area (Å²) in [4.78, 5) is 12.4. The summed E-state index contributed by atoms with van der Waals surface area (Å²) in [6, 6.07) is 16.2. The molecule has 0 aliphatic heterocycles. The van der Waals surface area contributed by atoms with Gasteiger partial charge in [0.25, 0.3) is 0 Å². The summed E-state index contributed by atoms with van der Waals surface area (Å²) in [6.45, 7) is 0.630. The highest BCUT2D eigenvalue weighted by Crippen LogP contribution is 2.33. The fourth-order valence-electron chi connectivity index (χ4n) is 3.41. The zero-order valence-electron chi connectivity index (χ0n) is 14.8. The molecule has 0 atom stereocenters. The molecule has 1 N–H and O–H groups in total. The summed E-state index contributed by atoms with van der Waals surface area (Å²) in [5.74, 6) is 1.68. The number of hydrogen-bond donors (Lipinski definition) is 1. The maximum absolute atomic E-state index is 5.50. The Hall–Kier alpha value is -3.67. The molecule has 0 fully saturated rings. The van der Waals surface area contributed by atoms with E-state index in [-0.39, 0.29) is 0 Å². The van der Waals surface area contributed by atoms with Crippen molar-refractivity contribution in [2.45, 2.75) is 6.54 Å². The first kappa shape index (κ1) is 15.6. The van der Waals surface area contributed by atoms with Crippen LogP contribution in [0.25, 0.3) is 33.3 Å². The zero-order chi connectivity index (χ0) is 18.2. The highest BCUT2D eigenvalue weighted by atomic mass is 16.5. The smallest absolute Gasteiger partial charge is 0.177 e. The van der Waals surface area contributed by atoms with Gasteiger partial charge in [0, 0.05) is 23.3 Å². The van der Waals surface area contributed by atoms with E-state index in [1.807, 2.05) is 53.5 Å². The standard InChI is InChI=1S/C21H17N5O/c1-27-19-9-8-17(15-6-2-3-7-16(15)19)20-24-18-12-23-26(21(18)25-20)13-14-5-4-10-22-11-14/h2-12H,13H2,1H3,(H,24,25). The van der Waals surface area contributed by atoms with E-state index in [2.05, 4.69) is 27.2 Å². The topological polar surface area (TPSA) is 68.6 Å². The lowest BCUT2D eigenvalue weighted by Gasteiger charge is -2.08. The van der Waals surface area contributed by atoms with Gasteiger partial charge in [0.2, 0.25) is 0 Å². The van der Waals surface area contributed by atoms with Crippen LogP contribution in [0.15, 0.2) is 67.1 Å². The van der Waals surface area contributed by atoms with Gasteiger partial charge in [-0.1, -0.05) is 30.3 Å². The average Bonchev–Trinajstić information content (AvgIpc) is 3.30. The van der Waals surface area contributed by atoms with Gasteiger partial charge in [0.1, 0.15) is 17.1 Å². The molecule has 5 aromatic rings. The van der Waals surface area contributed by atoms with Crippen molar-refractivity contribution in [2.75, 3.05) is 7.11 Å². The molecule has 0 spiro atoms. The Morgan fingerprint density at radius 1 is 1.00 bits per heavy atom. The fraction of sp³-hybridized carbons (Fsp3) is 0.0952. The lowest BCUT2D eigenvalue weighted by molar-refractivity contribution is 0.420. The van der Waals surface area contributed by atoms with Crippen LogP contribution in [0.3, 0.4) is 0 Å². The Morgan fingerprint density at radius 3 is 2.70 bits per heavy atom. The van der Waals surface area contributed by atoms with Gasteiger partial charge in [-0.05, 0) is 29.1 Å². The van der Waals surface area contributed by atoms with E-state index in [1.54, 1.807) is 13.3 Å². The summed E-state index contributed by atoms with van der Waals surface area (Å²) in [5, 5.41) is 6.61. The number of nitrogens with one attached hydrogen (secondary N) is 1. The number of nitrogens with zero attached hydrogens (tertiary/aromatic N) is 4. The summed E-state index contributed by atoms with van der Waals surface area (Å²) in [6.07, 6.45) is 5.43. The number of ether oxygens (including phenoxy) is 1. The molecule has 3 heterocycles. The largest absolute Gasteiger partial charge is 0.496 e. The number of rotatable bonds is 4. The van der Waals surface area contributed by atoms with Crippen LogP contribution < -0.4 is 4.74 Å². The minimum Gasteiger partial charge on any atom is -0.496 e. The van der Waals surface area contributed by atoms with Gasteiger partial charge < -0.3 is 9.72 Å². The number of hydrogen-bond acceptors (Lipinski definition) is 4. The quantitative estimate of drug-likeness (QED) is 0.528. The van der Waals surface area contributed by atoms with Crippen LogP contribution in [0, 0.1) is 0 Å². The number of H-pyrrole nitrogens is 1. The molecule has 0 saturated heterocycles. The summed E-state index contributed by atoms with van der Waals surface area (Å²) < 4.78 is 7.38. The highest BCUT2D eigenvalue weighted by molar-refractivity contribution is 5.99. The van der Waals surface area contributed by atoms with E-state index in [1.165, 1.54) is 0 Å². The van der Waals surface area contributed by atoms with Crippen LogP contribution in [0.2, 0.25) is 0 Å². The number of fused-ring (bicyclic) bond motifs is 2. The molecule has 5 rings (SSSR count). The molecule has 0 aliphatic carbocycles. The van der Waals surface area contributed by atoms with E-state index in [0.29, 0.717) is 6.54 Å². The molecule has 6 heteroatoms. The van der Waals surface area contributed by atoms with Crippen LogP contribution in [0.5, 0.6) is 5.75 Å². The molecule has 0 bridgehead atoms. The second kappa shape index (κ2) is 6.25. The molecule has 3 aromatic heterocycles.